The summed E-state index contributed by atoms with van der Waals surface area (Å²) >= 11 is 0. The third-order valence-corrected chi connectivity index (χ3v) is 6.09. The lowest BCUT2D eigenvalue weighted by molar-refractivity contribution is -0.133. The van der Waals surface area contributed by atoms with E-state index in [1.54, 1.807) is 4.90 Å². The van der Waals surface area contributed by atoms with Gasteiger partial charge in [0.05, 0.1) is 5.92 Å². The summed E-state index contributed by atoms with van der Waals surface area (Å²) in [4.78, 5) is 40.8. The third-order valence-electron chi connectivity index (χ3n) is 6.09. The van der Waals surface area contributed by atoms with Crippen molar-refractivity contribution in [2.45, 2.75) is 65.0 Å². The molecule has 0 radical (unpaired) electrons. The van der Waals surface area contributed by atoms with Gasteiger partial charge in [0.25, 0.3) is 0 Å². The van der Waals surface area contributed by atoms with Crippen molar-refractivity contribution < 1.29 is 14.4 Å². The molecule has 29 heavy (non-hydrogen) atoms. The number of hydrogen-bond acceptors (Lipinski definition) is 3. The van der Waals surface area contributed by atoms with Crippen LogP contribution in [0.4, 0.5) is 0 Å². The quantitative estimate of drug-likeness (QED) is 0.798. The Balaban J connectivity index is 1.39. The molecular weight excluding hydrogens is 366 g/mol. The van der Waals surface area contributed by atoms with Crippen molar-refractivity contribution in [3.8, 4) is 0 Å². The molecule has 1 atom stereocenters. The molecule has 1 unspecified atom stereocenters. The first-order chi connectivity index (χ1) is 13.8. The highest BCUT2D eigenvalue weighted by atomic mass is 16.2. The third kappa shape index (κ3) is 5.58. The molecule has 1 aromatic rings. The Kier molecular flexibility index (Phi) is 6.93. The van der Waals surface area contributed by atoms with Crippen molar-refractivity contribution >= 4 is 17.7 Å². The molecule has 0 spiro atoms. The van der Waals surface area contributed by atoms with E-state index in [-0.39, 0.29) is 35.7 Å². The first kappa shape index (κ1) is 21.3. The van der Waals surface area contributed by atoms with E-state index in [0.29, 0.717) is 32.5 Å². The summed E-state index contributed by atoms with van der Waals surface area (Å²) in [7, 11) is 0. The lowest BCUT2D eigenvalue weighted by Gasteiger charge is -2.33. The van der Waals surface area contributed by atoms with Gasteiger partial charge < -0.3 is 15.1 Å². The fraction of sp³-hybridized carbons (Fsp3) is 0.609. The Morgan fingerprint density at radius 3 is 2.38 bits per heavy atom. The maximum atomic E-state index is 12.6. The Morgan fingerprint density at radius 1 is 1.14 bits per heavy atom. The van der Waals surface area contributed by atoms with E-state index in [1.165, 1.54) is 11.1 Å². The van der Waals surface area contributed by atoms with Gasteiger partial charge >= 0.3 is 0 Å². The summed E-state index contributed by atoms with van der Waals surface area (Å²) in [5.41, 5.74) is 2.41. The van der Waals surface area contributed by atoms with Crippen molar-refractivity contribution in [1.29, 1.82) is 0 Å². The molecule has 6 heteroatoms. The van der Waals surface area contributed by atoms with E-state index >= 15 is 0 Å². The Bertz CT molecular complexity index is 736. The van der Waals surface area contributed by atoms with E-state index in [9.17, 15) is 14.4 Å². The number of rotatable bonds is 6. The molecule has 0 saturated carbocycles. The topological polar surface area (TPSA) is 69.7 Å². The van der Waals surface area contributed by atoms with Crippen LogP contribution in [0.5, 0.6) is 0 Å². The van der Waals surface area contributed by atoms with Crippen LogP contribution in [-0.2, 0) is 20.8 Å². The van der Waals surface area contributed by atoms with Gasteiger partial charge in [0.2, 0.25) is 17.7 Å². The molecule has 6 nitrogen and oxygen atoms in total. The number of piperidine rings is 1. The fourth-order valence-corrected chi connectivity index (χ4v) is 4.16. The minimum atomic E-state index is -0.251. The first-order valence-electron chi connectivity index (χ1n) is 10.8. The second-order valence-corrected chi connectivity index (χ2v) is 8.69. The van der Waals surface area contributed by atoms with Crippen LogP contribution >= 0.6 is 0 Å². The van der Waals surface area contributed by atoms with E-state index in [4.69, 9.17) is 0 Å². The molecule has 158 valence electrons. The van der Waals surface area contributed by atoms with Crippen molar-refractivity contribution in [2.75, 3.05) is 19.6 Å². The standard InChI is InChI=1S/C23H33N3O3/c1-16(2)26-15-19(14-22(26)28)23(29)24-20-10-12-25(13-11-20)21(27)9-8-18-6-4-17(3)5-7-18/h4-7,16,19-20H,8-15H2,1-3H3,(H,24,29). The predicted octanol–water partition coefficient (Wildman–Crippen LogP) is 2.29. The minimum Gasteiger partial charge on any atom is -0.353 e. The highest BCUT2D eigenvalue weighted by molar-refractivity contribution is 5.89. The van der Waals surface area contributed by atoms with Crippen molar-refractivity contribution in [2.24, 2.45) is 5.92 Å². The summed E-state index contributed by atoms with van der Waals surface area (Å²) in [5, 5.41) is 3.11. The first-order valence-corrected chi connectivity index (χ1v) is 10.8. The molecule has 1 N–H and O–H groups in total. The van der Waals surface area contributed by atoms with Gasteiger partial charge in [-0.1, -0.05) is 29.8 Å². The van der Waals surface area contributed by atoms with E-state index < -0.39 is 0 Å². The summed E-state index contributed by atoms with van der Waals surface area (Å²) < 4.78 is 0. The molecule has 0 aliphatic carbocycles. The zero-order valence-corrected chi connectivity index (χ0v) is 17.8. The number of amides is 3. The smallest absolute Gasteiger partial charge is 0.225 e. The van der Waals surface area contributed by atoms with Gasteiger partial charge in [0.1, 0.15) is 0 Å². The summed E-state index contributed by atoms with van der Waals surface area (Å²) in [6.45, 7) is 7.88. The zero-order valence-electron chi connectivity index (χ0n) is 17.8. The molecule has 2 fully saturated rings. The molecule has 1 aromatic carbocycles. The highest BCUT2D eigenvalue weighted by Crippen LogP contribution is 2.21. The molecule has 2 heterocycles. The molecule has 0 aromatic heterocycles. The van der Waals surface area contributed by atoms with Gasteiger partial charge in [-0.2, -0.15) is 0 Å². The monoisotopic (exact) mass is 399 g/mol. The number of nitrogens with one attached hydrogen (secondary N) is 1. The van der Waals surface area contributed by atoms with Gasteiger partial charge in [0.15, 0.2) is 0 Å². The van der Waals surface area contributed by atoms with Gasteiger partial charge in [-0.25, -0.2) is 0 Å². The van der Waals surface area contributed by atoms with Crippen LogP contribution in [0.25, 0.3) is 0 Å². The van der Waals surface area contributed by atoms with Crippen LogP contribution in [0, 0.1) is 12.8 Å². The molecule has 2 saturated heterocycles. The number of nitrogens with zero attached hydrogens (tertiary/aromatic N) is 2. The zero-order chi connectivity index (χ0) is 21.0. The van der Waals surface area contributed by atoms with Crippen molar-refractivity contribution in [3.05, 3.63) is 35.4 Å². The largest absolute Gasteiger partial charge is 0.353 e. The number of likely N-dealkylation sites (tertiary alicyclic amines) is 2. The van der Waals surface area contributed by atoms with Crippen LogP contribution in [0.1, 0.15) is 50.7 Å². The number of carbonyl (C=O) groups is 3. The molecule has 2 aliphatic rings. The maximum Gasteiger partial charge on any atom is 0.225 e. The molecular formula is C23H33N3O3. The second kappa shape index (κ2) is 9.42. The van der Waals surface area contributed by atoms with Crippen LogP contribution < -0.4 is 5.32 Å². The number of benzene rings is 1. The average Bonchev–Trinajstić information content (AvgIpc) is 3.10. The Morgan fingerprint density at radius 2 is 1.79 bits per heavy atom. The van der Waals surface area contributed by atoms with E-state index in [2.05, 4.69) is 36.5 Å². The molecule has 3 rings (SSSR count). The number of hydrogen-bond donors (Lipinski definition) is 1. The van der Waals surface area contributed by atoms with Crippen molar-refractivity contribution in [1.82, 2.24) is 15.1 Å². The molecule has 3 amide bonds. The Hall–Kier alpha value is -2.37. The molecule has 2 aliphatic heterocycles. The maximum absolute atomic E-state index is 12.6. The van der Waals surface area contributed by atoms with Crippen LogP contribution in [0.3, 0.4) is 0 Å². The van der Waals surface area contributed by atoms with E-state index in [0.717, 1.165) is 19.3 Å². The highest BCUT2D eigenvalue weighted by Gasteiger charge is 2.36. The van der Waals surface area contributed by atoms with Crippen LogP contribution in [0.2, 0.25) is 0 Å². The lowest BCUT2D eigenvalue weighted by atomic mass is 10.0. The number of aryl methyl sites for hydroxylation is 2. The van der Waals surface area contributed by atoms with Crippen LogP contribution in [0.15, 0.2) is 24.3 Å². The normalized spacial score (nSPS) is 20.4. The summed E-state index contributed by atoms with van der Waals surface area (Å²) in [6.07, 6.45) is 3.14. The van der Waals surface area contributed by atoms with Gasteiger partial charge in [0, 0.05) is 44.6 Å². The van der Waals surface area contributed by atoms with Crippen molar-refractivity contribution in [3.63, 3.8) is 0 Å². The average molecular weight is 400 g/mol. The van der Waals surface area contributed by atoms with Gasteiger partial charge in [-0.05, 0) is 45.6 Å². The summed E-state index contributed by atoms with van der Waals surface area (Å²) in [6, 6.07) is 8.54. The predicted molar refractivity (Wildman–Crippen MR) is 112 cm³/mol. The van der Waals surface area contributed by atoms with Gasteiger partial charge in [-0.3, -0.25) is 14.4 Å². The Labute approximate surface area is 173 Å². The fourth-order valence-electron chi connectivity index (χ4n) is 4.16. The van der Waals surface area contributed by atoms with Crippen LogP contribution in [-0.4, -0.2) is 59.2 Å². The second-order valence-electron chi connectivity index (χ2n) is 8.69. The molecule has 0 bridgehead atoms. The summed E-state index contributed by atoms with van der Waals surface area (Å²) in [5.74, 6) is -0.0248. The lowest BCUT2D eigenvalue weighted by Crippen LogP contribution is -2.48. The number of carbonyl (C=O) groups excluding carboxylic acids is 3. The SMILES string of the molecule is Cc1ccc(CCC(=O)N2CCC(NC(=O)C3CC(=O)N(C(C)C)C3)CC2)cc1. The van der Waals surface area contributed by atoms with E-state index in [1.807, 2.05) is 18.7 Å². The minimum absolute atomic E-state index is 0.0225. The van der Waals surface area contributed by atoms with Gasteiger partial charge in [-0.15, -0.1) is 0 Å².